The molecule has 0 radical (unpaired) electrons. The molecule has 2 fully saturated rings. The monoisotopic (exact) mass is 744 g/mol. The van der Waals surface area contributed by atoms with Gasteiger partial charge in [-0.2, -0.15) is 4.98 Å². The summed E-state index contributed by atoms with van der Waals surface area (Å²) in [7, 11) is 1.27. The fraction of sp³-hybridized carbons (Fsp3) is 0.645. The minimum absolute atomic E-state index is 0.0704. The van der Waals surface area contributed by atoms with Gasteiger partial charge in [-0.15, -0.1) is 0 Å². The lowest BCUT2D eigenvalue weighted by Gasteiger charge is -2.48. The summed E-state index contributed by atoms with van der Waals surface area (Å²) in [6, 6.07) is 1.29. The molecule has 1 aromatic rings. The van der Waals surface area contributed by atoms with Crippen molar-refractivity contribution in [2.75, 3.05) is 20.3 Å². The van der Waals surface area contributed by atoms with Crippen LogP contribution in [0.5, 0.6) is 5.88 Å². The molecule has 21 nitrogen and oxygen atoms in total. The molecule has 0 saturated carbocycles. The van der Waals surface area contributed by atoms with Crippen LogP contribution in [0.25, 0.3) is 0 Å². The second-order valence-corrected chi connectivity index (χ2v) is 11.3. The Hall–Kier alpha value is -5.15. The number of methoxy groups -OCH3 is 1. The van der Waals surface area contributed by atoms with Crippen LogP contribution in [0.1, 0.15) is 54.7 Å². The third-order valence-corrected chi connectivity index (χ3v) is 7.19. The first kappa shape index (κ1) is 41.3. The standard InChI is InChI=1S/C31H40N2O19/c1-13(34)43-11-20-24(25(46-16(4)37)27(48-18(6)39)29(50-20)33-10-9-22(42-8)32-31(33)41)52-30-28(49-19(7)40)26(47-17(5)38)23(45-15(3)36)21(51-30)12-44-14(2)35/h9-10,20-21,23-30H,11-12H2,1-8H3/t20-,21+,23+,24-,25+,26-,27+,28+,29+,30-/m1/s1. The number of carbonyl (C=O) groups is 7. The molecule has 21 heteroatoms. The molecule has 2 aliphatic rings. The Labute approximate surface area is 295 Å². The van der Waals surface area contributed by atoms with Crippen LogP contribution in [0.4, 0.5) is 0 Å². The zero-order valence-electron chi connectivity index (χ0n) is 29.5. The Kier molecular flexibility index (Phi) is 14.6. The maximum absolute atomic E-state index is 13.1. The lowest BCUT2D eigenvalue weighted by Crippen LogP contribution is -2.66. The molecule has 0 N–H and O–H groups in total. The van der Waals surface area contributed by atoms with Gasteiger partial charge < -0.3 is 52.1 Å². The van der Waals surface area contributed by atoms with Crippen LogP contribution in [0.2, 0.25) is 0 Å². The largest absolute Gasteiger partial charge is 0.481 e. The molecular formula is C31H40N2O19. The second kappa shape index (κ2) is 18.4. The number of aromatic nitrogens is 2. The third-order valence-electron chi connectivity index (χ3n) is 7.19. The maximum atomic E-state index is 13.1. The SMILES string of the molecule is COc1ccn([C@H]2O[C@H](COC(C)=O)[C@@H](O[C@H]3O[C@@H](COC(C)=O)[C@H](OC(C)=O)[C@@H](OC(C)=O)[C@@H]3OC(C)=O)[C@H](OC(C)=O)[C@@H]2OC(C)=O)c(=O)n1. The number of nitrogens with zero attached hydrogens (tertiary/aromatic N) is 2. The van der Waals surface area contributed by atoms with E-state index >= 15 is 0 Å². The van der Waals surface area contributed by atoms with Crippen molar-refractivity contribution in [1.29, 1.82) is 0 Å². The fourth-order valence-electron chi connectivity index (χ4n) is 5.42. The van der Waals surface area contributed by atoms with E-state index in [2.05, 4.69) is 4.98 Å². The first-order valence-electron chi connectivity index (χ1n) is 15.6. The molecule has 0 aromatic carbocycles. The average molecular weight is 745 g/mol. The van der Waals surface area contributed by atoms with Crippen LogP contribution >= 0.6 is 0 Å². The van der Waals surface area contributed by atoms with Gasteiger partial charge in [-0.3, -0.25) is 38.1 Å². The quantitative estimate of drug-likeness (QED) is 0.174. The van der Waals surface area contributed by atoms with E-state index in [0.29, 0.717) is 0 Å². The van der Waals surface area contributed by atoms with Crippen LogP contribution in [0.15, 0.2) is 17.1 Å². The van der Waals surface area contributed by atoms with Crippen molar-refractivity contribution < 1.29 is 85.7 Å². The van der Waals surface area contributed by atoms with Gasteiger partial charge in [0.05, 0.1) is 7.11 Å². The first-order valence-corrected chi connectivity index (χ1v) is 15.6. The molecule has 0 spiro atoms. The highest BCUT2D eigenvalue weighted by Crippen LogP contribution is 2.37. The summed E-state index contributed by atoms with van der Waals surface area (Å²) in [5.41, 5.74) is -0.951. The lowest BCUT2D eigenvalue weighted by atomic mass is 9.95. The molecule has 10 atom stereocenters. The summed E-state index contributed by atoms with van der Waals surface area (Å²) in [5, 5.41) is 0. The Bertz CT molecular complexity index is 1560. The predicted molar refractivity (Wildman–Crippen MR) is 164 cm³/mol. The maximum Gasteiger partial charge on any atom is 0.353 e. The van der Waals surface area contributed by atoms with Crippen molar-refractivity contribution in [1.82, 2.24) is 9.55 Å². The molecule has 0 amide bonds. The molecule has 3 heterocycles. The topological polar surface area (TPSA) is 256 Å². The number of hydrogen-bond acceptors (Lipinski definition) is 20. The second-order valence-electron chi connectivity index (χ2n) is 11.3. The van der Waals surface area contributed by atoms with Gasteiger partial charge in [0.25, 0.3) is 0 Å². The molecule has 0 bridgehead atoms. The van der Waals surface area contributed by atoms with Crippen molar-refractivity contribution in [3.63, 3.8) is 0 Å². The van der Waals surface area contributed by atoms with Crippen LogP contribution in [0, 0.1) is 0 Å². The Balaban J connectivity index is 2.23. The molecule has 0 unspecified atom stereocenters. The van der Waals surface area contributed by atoms with E-state index in [-0.39, 0.29) is 5.88 Å². The smallest absolute Gasteiger partial charge is 0.353 e. The Morgan fingerprint density at radius 2 is 1.06 bits per heavy atom. The van der Waals surface area contributed by atoms with Gasteiger partial charge in [0, 0.05) is 60.7 Å². The number of rotatable bonds is 13. The normalized spacial score (nSPS) is 28.3. The molecule has 3 rings (SSSR count). The van der Waals surface area contributed by atoms with Crippen molar-refractivity contribution >= 4 is 41.8 Å². The molecule has 2 aliphatic heterocycles. The van der Waals surface area contributed by atoms with Crippen LogP contribution in [-0.4, -0.2) is 127 Å². The summed E-state index contributed by atoms with van der Waals surface area (Å²) in [4.78, 5) is 103. The van der Waals surface area contributed by atoms with Gasteiger partial charge in [0.15, 0.2) is 43.0 Å². The number of esters is 7. The van der Waals surface area contributed by atoms with Crippen molar-refractivity contribution in [2.24, 2.45) is 0 Å². The van der Waals surface area contributed by atoms with Gasteiger partial charge in [0.1, 0.15) is 31.5 Å². The summed E-state index contributed by atoms with van der Waals surface area (Å²) >= 11 is 0. The van der Waals surface area contributed by atoms with Gasteiger partial charge in [-0.25, -0.2) is 4.79 Å². The van der Waals surface area contributed by atoms with E-state index in [1.165, 1.54) is 19.4 Å². The number of hydrogen-bond donors (Lipinski definition) is 0. The Morgan fingerprint density at radius 1 is 0.615 bits per heavy atom. The van der Waals surface area contributed by atoms with E-state index in [0.717, 1.165) is 53.0 Å². The van der Waals surface area contributed by atoms with Crippen molar-refractivity contribution in [3.8, 4) is 5.88 Å². The van der Waals surface area contributed by atoms with Crippen LogP contribution in [0.3, 0.4) is 0 Å². The number of carbonyl (C=O) groups excluding carboxylic acids is 7. The highest BCUT2D eigenvalue weighted by molar-refractivity contribution is 5.69. The van der Waals surface area contributed by atoms with Gasteiger partial charge in [-0.05, 0) is 0 Å². The zero-order chi connectivity index (χ0) is 38.9. The van der Waals surface area contributed by atoms with Crippen molar-refractivity contribution in [3.05, 3.63) is 22.7 Å². The third kappa shape index (κ3) is 11.2. The highest BCUT2D eigenvalue weighted by Gasteiger charge is 2.57. The highest BCUT2D eigenvalue weighted by atomic mass is 16.8. The van der Waals surface area contributed by atoms with E-state index in [1.54, 1.807) is 0 Å². The van der Waals surface area contributed by atoms with Gasteiger partial charge in [-0.1, -0.05) is 0 Å². The van der Waals surface area contributed by atoms with Crippen LogP contribution < -0.4 is 10.4 Å². The van der Waals surface area contributed by atoms with E-state index in [9.17, 15) is 38.4 Å². The zero-order valence-corrected chi connectivity index (χ0v) is 29.5. The molecule has 1 aromatic heterocycles. The predicted octanol–water partition coefficient (Wildman–Crippen LogP) is -0.956. The first-order chi connectivity index (χ1) is 24.4. The number of ether oxygens (including phenoxy) is 11. The molecule has 2 saturated heterocycles. The fourth-order valence-corrected chi connectivity index (χ4v) is 5.42. The van der Waals surface area contributed by atoms with Crippen molar-refractivity contribution in [2.45, 2.75) is 110 Å². The van der Waals surface area contributed by atoms with Gasteiger partial charge >= 0.3 is 47.5 Å². The molecule has 288 valence electrons. The lowest BCUT2D eigenvalue weighted by molar-refractivity contribution is -0.349. The van der Waals surface area contributed by atoms with E-state index in [1.807, 2.05) is 0 Å². The minimum Gasteiger partial charge on any atom is -0.481 e. The Morgan fingerprint density at radius 3 is 1.52 bits per heavy atom. The molecule has 52 heavy (non-hydrogen) atoms. The molecular weight excluding hydrogens is 704 g/mol. The van der Waals surface area contributed by atoms with Gasteiger partial charge in [0.2, 0.25) is 5.88 Å². The summed E-state index contributed by atoms with van der Waals surface area (Å²) in [6.45, 7) is 6.03. The van der Waals surface area contributed by atoms with Crippen LogP contribution in [-0.2, 0) is 80.9 Å². The molecule has 0 aliphatic carbocycles. The summed E-state index contributed by atoms with van der Waals surface area (Å²) < 4.78 is 62.1. The summed E-state index contributed by atoms with van der Waals surface area (Å²) in [5.74, 6) is -6.25. The van der Waals surface area contributed by atoms with E-state index < -0.39 is 122 Å². The minimum atomic E-state index is -1.85. The van der Waals surface area contributed by atoms with E-state index in [4.69, 9.17) is 52.1 Å². The average Bonchev–Trinajstić information content (AvgIpc) is 3.02. The summed E-state index contributed by atoms with van der Waals surface area (Å²) in [6.07, 6.45) is -15.2.